The molecule has 2 saturated heterocycles. The van der Waals surface area contributed by atoms with Crippen molar-refractivity contribution in [3.8, 4) is 0 Å². The largest absolute Gasteiger partial charge is 0.388 e. The van der Waals surface area contributed by atoms with Gasteiger partial charge in [0.05, 0.1) is 11.6 Å². The van der Waals surface area contributed by atoms with E-state index in [0.29, 0.717) is 17.8 Å². The van der Waals surface area contributed by atoms with Gasteiger partial charge in [-0.05, 0) is 46.5 Å². The van der Waals surface area contributed by atoms with Gasteiger partial charge in [-0.3, -0.25) is 9.59 Å². The van der Waals surface area contributed by atoms with Crippen LogP contribution in [-0.2, 0) is 0 Å². The maximum atomic E-state index is 12.6. The summed E-state index contributed by atoms with van der Waals surface area (Å²) in [5.41, 5.74) is -0.657. The highest BCUT2D eigenvalue weighted by Gasteiger charge is 2.43. The Balaban J connectivity index is 1.68. The maximum absolute atomic E-state index is 12.6. The van der Waals surface area contributed by atoms with Crippen molar-refractivity contribution in [2.45, 2.75) is 70.2 Å². The Kier molecular flexibility index (Phi) is 4.18. The van der Waals surface area contributed by atoms with Gasteiger partial charge in [0.1, 0.15) is 5.69 Å². The summed E-state index contributed by atoms with van der Waals surface area (Å²) < 4.78 is 0. The van der Waals surface area contributed by atoms with Crippen LogP contribution in [0.25, 0.3) is 0 Å². The molecule has 2 N–H and O–H groups in total. The Morgan fingerprint density at radius 2 is 1.91 bits per heavy atom. The van der Waals surface area contributed by atoms with Crippen LogP contribution in [0, 0.1) is 0 Å². The van der Waals surface area contributed by atoms with E-state index >= 15 is 0 Å². The van der Waals surface area contributed by atoms with Crippen molar-refractivity contribution in [2.24, 2.45) is 0 Å². The van der Waals surface area contributed by atoms with Gasteiger partial charge in [0.2, 0.25) is 0 Å². The predicted molar refractivity (Wildman–Crippen MR) is 87.6 cm³/mol. The molecule has 3 heterocycles. The van der Waals surface area contributed by atoms with Crippen LogP contribution in [-0.4, -0.2) is 50.5 Å². The summed E-state index contributed by atoms with van der Waals surface area (Å²) >= 11 is 1.17. The first-order chi connectivity index (χ1) is 10.8. The Morgan fingerprint density at radius 3 is 2.43 bits per heavy atom. The van der Waals surface area contributed by atoms with Gasteiger partial charge in [0.15, 0.2) is 5.01 Å². The number of thiazole rings is 1. The first-order valence-electron chi connectivity index (χ1n) is 8.09. The summed E-state index contributed by atoms with van der Waals surface area (Å²) in [5.74, 6) is -0.408. The molecule has 0 aliphatic carbocycles. The quantitative estimate of drug-likeness (QED) is 0.878. The zero-order valence-electron chi connectivity index (χ0n) is 13.7. The van der Waals surface area contributed by atoms with Gasteiger partial charge in [0, 0.05) is 17.5 Å². The standard InChI is InChI=1S/C16H23N3O3S/c1-9(16(2,3)22)17-13(20)14-18-12(8-23-14)15(21)19-10-4-5-11(19)7-6-10/h8-11,22H,4-7H2,1-3H3,(H,17,20). The third-order valence-electron chi connectivity index (χ3n) is 5.01. The second kappa shape index (κ2) is 5.87. The van der Waals surface area contributed by atoms with Crippen LogP contribution in [0.1, 0.15) is 66.7 Å². The average molecular weight is 337 g/mol. The van der Waals surface area contributed by atoms with E-state index in [4.69, 9.17) is 0 Å². The molecular formula is C16H23N3O3S. The third kappa shape index (κ3) is 3.12. The number of nitrogens with zero attached hydrogens (tertiary/aromatic N) is 2. The van der Waals surface area contributed by atoms with Crippen molar-refractivity contribution in [2.75, 3.05) is 0 Å². The number of aliphatic hydroxyl groups is 1. The molecule has 0 aromatic carbocycles. The normalized spacial score (nSPS) is 24.8. The lowest BCUT2D eigenvalue weighted by molar-refractivity contribution is 0.0408. The first kappa shape index (κ1) is 16.4. The Morgan fingerprint density at radius 1 is 1.35 bits per heavy atom. The SMILES string of the molecule is CC(NC(=O)c1nc(C(=O)N2C3CCC2CC3)cs1)C(C)(C)O. The van der Waals surface area contributed by atoms with E-state index in [2.05, 4.69) is 10.3 Å². The molecule has 1 unspecified atom stereocenters. The summed E-state index contributed by atoms with van der Waals surface area (Å²) in [6.07, 6.45) is 4.32. The molecule has 2 aliphatic rings. The molecule has 2 fully saturated rings. The van der Waals surface area contributed by atoms with E-state index in [1.807, 2.05) is 4.90 Å². The Bertz CT molecular complexity index is 602. The van der Waals surface area contributed by atoms with Crippen molar-refractivity contribution in [1.29, 1.82) is 0 Å². The molecule has 2 bridgehead atoms. The third-order valence-corrected chi connectivity index (χ3v) is 5.85. The minimum atomic E-state index is -1.01. The van der Waals surface area contributed by atoms with Crippen LogP contribution < -0.4 is 5.32 Å². The van der Waals surface area contributed by atoms with E-state index in [1.165, 1.54) is 11.3 Å². The molecule has 1 atom stereocenters. The molecule has 7 heteroatoms. The number of rotatable bonds is 4. The maximum Gasteiger partial charge on any atom is 0.280 e. The number of hydrogen-bond acceptors (Lipinski definition) is 5. The monoisotopic (exact) mass is 337 g/mol. The van der Waals surface area contributed by atoms with E-state index in [1.54, 1.807) is 26.2 Å². The molecule has 6 nitrogen and oxygen atoms in total. The van der Waals surface area contributed by atoms with Gasteiger partial charge < -0.3 is 15.3 Å². The molecular weight excluding hydrogens is 314 g/mol. The van der Waals surface area contributed by atoms with Crippen molar-refractivity contribution in [3.63, 3.8) is 0 Å². The summed E-state index contributed by atoms with van der Waals surface area (Å²) in [6, 6.07) is 0.288. The average Bonchev–Trinajstić information content (AvgIpc) is 3.21. The molecule has 0 saturated carbocycles. The minimum Gasteiger partial charge on any atom is -0.388 e. The number of amides is 2. The number of nitrogens with one attached hydrogen (secondary N) is 1. The highest BCUT2D eigenvalue weighted by Crippen LogP contribution is 2.38. The molecule has 23 heavy (non-hydrogen) atoms. The molecule has 1 aromatic rings. The van der Waals surface area contributed by atoms with Gasteiger partial charge in [-0.15, -0.1) is 11.3 Å². The lowest BCUT2D eigenvalue weighted by Gasteiger charge is -2.26. The van der Waals surface area contributed by atoms with Gasteiger partial charge in [-0.25, -0.2) is 4.98 Å². The van der Waals surface area contributed by atoms with Crippen LogP contribution in [0.4, 0.5) is 0 Å². The zero-order chi connectivity index (χ0) is 16.8. The molecule has 2 amide bonds. The summed E-state index contributed by atoms with van der Waals surface area (Å²) in [5, 5.41) is 14.5. The predicted octanol–water partition coefficient (Wildman–Crippen LogP) is 1.80. The van der Waals surface area contributed by atoms with Crippen molar-refractivity contribution in [3.05, 3.63) is 16.1 Å². The minimum absolute atomic E-state index is 0.0548. The summed E-state index contributed by atoms with van der Waals surface area (Å²) in [7, 11) is 0. The van der Waals surface area contributed by atoms with Gasteiger partial charge >= 0.3 is 0 Å². The number of aromatic nitrogens is 1. The van der Waals surface area contributed by atoms with E-state index < -0.39 is 11.6 Å². The highest BCUT2D eigenvalue weighted by atomic mass is 32.1. The lowest BCUT2D eigenvalue weighted by atomic mass is 10.0. The fourth-order valence-corrected chi connectivity index (χ4v) is 3.98. The summed E-state index contributed by atoms with van der Waals surface area (Å²) in [4.78, 5) is 31.0. The molecule has 0 radical (unpaired) electrons. The van der Waals surface area contributed by atoms with Crippen LogP contribution in [0.3, 0.4) is 0 Å². The van der Waals surface area contributed by atoms with Crippen LogP contribution in [0.5, 0.6) is 0 Å². The van der Waals surface area contributed by atoms with Crippen molar-refractivity contribution in [1.82, 2.24) is 15.2 Å². The summed E-state index contributed by atoms with van der Waals surface area (Å²) in [6.45, 7) is 5.01. The van der Waals surface area contributed by atoms with Crippen molar-refractivity contribution >= 4 is 23.2 Å². The van der Waals surface area contributed by atoms with Gasteiger partial charge in [0.25, 0.3) is 11.8 Å². The second-order valence-corrected chi connectivity index (χ2v) is 7.92. The number of carbonyl (C=O) groups excluding carboxylic acids is 2. The number of fused-ring (bicyclic) bond motifs is 2. The Labute approximate surface area is 139 Å². The number of hydrogen-bond donors (Lipinski definition) is 2. The fourth-order valence-electron chi connectivity index (χ4n) is 3.29. The van der Waals surface area contributed by atoms with Gasteiger partial charge in [-0.1, -0.05) is 0 Å². The van der Waals surface area contributed by atoms with E-state index in [9.17, 15) is 14.7 Å². The van der Waals surface area contributed by atoms with Crippen LogP contribution in [0.15, 0.2) is 5.38 Å². The molecule has 0 spiro atoms. The van der Waals surface area contributed by atoms with Crippen molar-refractivity contribution < 1.29 is 14.7 Å². The molecule has 2 aliphatic heterocycles. The smallest absolute Gasteiger partial charge is 0.280 e. The fraction of sp³-hybridized carbons (Fsp3) is 0.688. The van der Waals surface area contributed by atoms with Crippen LogP contribution in [0.2, 0.25) is 0 Å². The topological polar surface area (TPSA) is 82.5 Å². The number of carbonyl (C=O) groups is 2. The van der Waals surface area contributed by atoms with Crippen LogP contribution >= 0.6 is 11.3 Å². The zero-order valence-corrected chi connectivity index (χ0v) is 14.5. The van der Waals surface area contributed by atoms with Gasteiger partial charge in [-0.2, -0.15) is 0 Å². The highest BCUT2D eigenvalue weighted by molar-refractivity contribution is 7.11. The van der Waals surface area contributed by atoms with E-state index in [0.717, 1.165) is 25.7 Å². The van der Waals surface area contributed by atoms with E-state index in [-0.39, 0.29) is 16.8 Å². The molecule has 1 aromatic heterocycles. The molecule has 3 rings (SSSR count). The molecule has 126 valence electrons. The Hall–Kier alpha value is -1.47. The lowest BCUT2D eigenvalue weighted by Crippen LogP contribution is -2.47. The second-order valence-electron chi connectivity index (χ2n) is 7.06. The first-order valence-corrected chi connectivity index (χ1v) is 8.96.